The zero-order chi connectivity index (χ0) is 17.5. The van der Waals surface area contributed by atoms with Crippen molar-refractivity contribution in [2.24, 2.45) is 5.92 Å². The second kappa shape index (κ2) is 8.47. The van der Waals surface area contributed by atoms with Crippen LogP contribution in [0.2, 0.25) is 0 Å². The molecule has 1 fully saturated rings. The maximum Gasteiger partial charge on any atom is 0.305 e. The standard InChI is InChI=1S/C18H24N2O4/c1-12(19-16(21)4-3-5-17(22)24-2)13-8-10-15(11-9-13)20-18(23)14-6-7-14/h8-12,14H,3-7H2,1-2H3,(H,19,21)(H,20,23)/t12-/m1/s1. The van der Waals surface area contributed by atoms with Crippen LogP contribution in [0, 0.1) is 5.92 Å². The minimum atomic E-state index is -0.306. The fourth-order valence-corrected chi connectivity index (χ4v) is 2.34. The van der Waals surface area contributed by atoms with E-state index in [9.17, 15) is 14.4 Å². The fourth-order valence-electron chi connectivity index (χ4n) is 2.34. The Morgan fingerprint density at radius 1 is 1.17 bits per heavy atom. The first kappa shape index (κ1) is 18.0. The van der Waals surface area contributed by atoms with E-state index < -0.39 is 0 Å². The molecule has 1 aromatic carbocycles. The van der Waals surface area contributed by atoms with Gasteiger partial charge in [-0.1, -0.05) is 12.1 Å². The van der Waals surface area contributed by atoms with Gasteiger partial charge >= 0.3 is 5.97 Å². The Balaban J connectivity index is 1.76. The monoisotopic (exact) mass is 332 g/mol. The summed E-state index contributed by atoms with van der Waals surface area (Å²) in [5.74, 6) is -0.153. The smallest absolute Gasteiger partial charge is 0.305 e. The average Bonchev–Trinajstić information content (AvgIpc) is 3.40. The number of carbonyl (C=O) groups excluding carboxylic acids is 3. The molecule has 2 amide bonds. The molecule has 130 valence electrons. The topological polar surface area (TPSA) is 84.5 Å². The number of carbonyl (C=O) groups is 3. The van der Waals surface area contributed by atoms with Crippen LogP contribution in [0.5, 0.6) is 0 Å². The van der Waals surface area contributed by atoms with Crippen LogP contribution < -0.4 is 10.6 Å². The van der Waals surface area contributed by atoms with Crippen LogP contribution in [-0.2, 0) is 19.1 Å². The first-order valence-electron chi connectivity index (χ1n) is 8.26. The normalized spacial score (nSPS) is 14.6. The van der Waals surface area contributed by atoms with E-state index in [1.807, 2.05) is 31.2 Å². The highest BCUT2D eigenvalue weighted by atomic mass is 16.5. The lowest BCUT2D eigenvalue weighted by molar-refractivity contribution is -0.140. The fraction of sp³-hybridized carbons (Fsp3) is 0.500. The average molecular weight is 332 g/mol. The minimum absolute atomic E-state index is 0.0784. The van der Waals surface area contributed by atoms with E-state index in [4.69, 9.17) is 0 Å². The van der Waals surface area contributed by atoms with Crippen LogP contribution in [0.4, 0.5) is 5.69 Å². The van der Waals surface area contributed by atoms with Gasteiger partial charge in [-0.2, -0.15) is 0 Å². The molecule has 1 aliphatic rings. The zero-order valence-corrected chi connectivity index (χ0v) is 14.1. The molecule has 0 bridgehead atoms. The SMILES string of the molecule is COC(=O)CCCC(=O)N[C@H](C)c1ccc(NC(=O)C2CC2)cc1. The van der Waals surface area contributed by atoms with E-state index in [0.717, 1.165) is 24.1 Å². The molecule has 2 N–H and O–H groups in total. The number of benzene rings is 1. The molecule has 0 saturated heterocycles. The van der Waals surface area contributed by atoms with Crippen LogP contribution in [0.1, 0.15) is 50.6 Å². The molecule has 0 spiro atoms. The molecule has 0 aliphatic heterocycles. The van der Waals surface area contributed by atoms with Crippen molar-refractivity contribution in [3.05, 3.63) is 29.8 Å². The summed E-state index contributed by atoms with van der Waals surface area (Å²) in [6.45, 7) is 1.90. The van der Waals surface area contributed by atoms with Crippen molar-refractivity contribution in [3.8, 4) is 0 Å². The van der Waals surface area contributed by atoms with Crippen molar-refractivity contribution in [1.82, 2.24) is 5.32 Å². The lowest BCUT2D eigenvalue weighted by Crippen LogP contribution is -2.26. The highest BCUT2D eigenvalue weighted by molar-refractivity contribution is 5.94. The van der Waals surface area contributed by atoms with Gasteiger partial charge in [0.05, 0.1) is 13.2 Å². The first-order valence-corrected chi connectivity index (χ1v) is 8.26. The Morgan fingerprint density at radius 2 is 1.83 bits per heavy atom. The van der Waals surface area contributed by atoms with Crippen LogP contribution in [0.3, 0.4) is 0 Å². The Bertz CT molecular complexity index is 594. The summed E-state index contributed by atoms with van der Waals surface area (Å²) in [5, 5.41) is 5.78. The van der Waals surface area contributed by atoms with Gasteiger partial charge in [-0.15, -0.1) is 0 Å². The molecule has 0 unspecified atom stereocenters. The van der Waals surface area contributed by atoms with Gasteiger partial charge in [-0.05, 0) is 43.9 Å². The van der Waals surface area contributed by atoms with Gasteiger partial charge in [0, 0.05) is 24.4 Å². The number of hydrogen-bond acceptors (Lipinski definition) is 4. The Morgan fingerprint density at radius 3 is 2.42 bits per heavy atom. The molecule has 24 heavy (non-hydrogen) atoms. The number of hydrogen-bond donors (Lipinski definition) is 2. The maximum absolute atomic E-state index is 11.9. The minimum Gasteiger partial charge on any atom is -0.469 e. The molecule has 6 nitrogen and oxygen atoms in total. The summed E-state index contributed by atoms with van der Waals surface area (Å²) in [6.07, 6.45) is 2.95. The van der Waals surface area contributed by atoms with E-state index in [0.29, 0.717) is 6.42 Å². The van der Waals surface area contributed by atoms with Gasteiger partial charge in [0.1, 0.15) is 0 Å². The summed E-state index contributed by atoms with van der Waals surface area (Å²) >= 11 is 0. The molecule has 1 aliphatic carbocycles. The summed E-state index contributed by atoms with van der Waals surface area (Å²) in [7, 11) is 1.33. The number of methoxy groups -OCH3 is 1. The number of amides is 2. The predicted octanol–water partition coefficient (Wildman–Crippen LogP) is 2.56. The molecule has 1 atom stereocenters. The van der Waals surface area contributed by atoms with Gasteiger partial charge in [0.2, 0.25) is 11.8 Å². The second-order valence-electron chi connectivity index (χ2n) is 6.10. The van der Waals surface area contributed by atoms with Crippen molar-refractivity contribution in [1.29, 1.82) is 0 Å². The molecule has 2 rings (SSSR count). The summed E-state index contributed by atoms with van der Waals surface area (Å²) in [4.78, 5) is 34.6. The molecule has 1 aromatic rings. The van der Waals surface area contributed by atoms with E-state index in [-0.39, 0.29) is 42.6 Å². The molecule has 0 aromatic heterocycles. The van der Waals surface area contributed by atoms with E-state index in [2.05, 4.69) is 15.4 Å². The van der Waals surface area contributed by atoms with Gasteiger partial charge in [0.15, 0.2) is 0 Å². The number of anilines is 1. The Hall–Kier alpha value is -2.37. The highest BCUT2D eigenvalue weighted by Crippen LogP contribution is 2.30. The maximum atomic E-state index is 11.9. The van der Waals surface area contributed by atoms with Gasteiger partial charge in [0.25, 0.3) is 0 Å². The lowest BCUT2D eigenvalue weighted by atomic mass is 10.1. The van der Waals surface area contributed by atoms with Crippen molar-refractivity contribution in [2.45, 2.75) is 45.1 Å². The lowest BCUT2D eigenvalue weighted by Gasteiger charge is -2.15. The van der Waals surface area contributed by atoms with E-state index in [1.165, 1.54) is 7.11 Å². The zero-order valence-electron chi connectivity index (χ0n) is 14.1. The molecular formula is C18H24N2O4. The molecular weight excluding hydrogens is 308 g/mol. The van der Waals surface area contributed by atoms with Gasteiger partial charge < -0.3 is 15.4 Å². The van der Waals surface area contributed by atoms with Crippen LogP contribution in [0.15, 0.2) is 24.3 Å². The quantitative estimate of drug-likeness (QED) is 0.717. The van der Waals surface area contributed by atoms with Crippen molar-refractivity contribution < 1.29 is 19.1 Å². The van der Waals surface area contributed by atoms with E-state index in [1.54, 1.807) is 0 Å². The van der Waals surface area contributed by atoms with Crippen LogP contribution in [0.25, 0.3) is 0 Å². The third-order valence-electron chi connectivity index (χ3n) is 4.02. The summed E-state index contributed by atoms with van der Waals surface area (Å²) in [6, 6.07) is 7.33. The van der Waals surface area contributed by atoms with Gasteiger partial charge in [-0.3, -0.25) is 14.4 Å². The van der Waals surface area contributed by atoms with Gasteiger partial charge in [-0.25, -0.2) is 0 Å². The Kier molecular flexibility index (Phi) is 6.35. The second-order valence-corrected chi connectivity index (χ2v) is 6.10. The van der Waals surface area contributed by atoms with Crippen molar-refractivity contribution in [2.75, 3.05) is 12.4 Å². The van der Waals surface area contributed by atoms with Crippen LogP contribution >= 0.6 is 0 Å². The van der Waals surface area contributed by atoms with Crippen LogP contribution in [-0.4, -0.2) is 24.9 Å². The number of rotatable bonds is 8. The van der Waals surface area contributed by atoms with Crippen molar-refractivity contribution in [3.63, 3.8) is 0 Å². The number of esters is 1. The highest BCUT2D eigenvalue weighted by Gasteiger charge is 2.29. The molecule has 0 radical (unpaired) electrons. The number of nitrogens with one attached hydrogen (secondary N) is 2. The van der Waals surface area contributed by atoms with E-state index >= 15 is 0 Å². The summed E-state index contributed by atoms with van der Waals surface area (Å²) < 4.78 is 4.54. The largest absolute Gasteiger partial charge is 0.469 e. The third kappa shape index (κ3) is 5.68. The molecule has 6 heteroatoms. The van der Waals surface area contributed by atoms with Crippen molar-refractivity contribution >= 4 is 23.5 Å². The molecule has 1 saturated carbocycles. The molecule has 0 heterocycles. The first-order chi connectivity index (χ1) is 11.5. The summed E-state index contributed by atoms with van der Waals surface area (Å²) in [5.41, 5.74) is 1.73. The Labute approximate surface area is 142 Å². The predicted molar refractivity (Wildman–Crippen MR) is 90.2 cm³/mol. The third-order valence-corrected chi connectivity index (χ3v) is 4.02. The number of ether oxygens (including phenoxy) is 1.